The number of carbonyl (C=O) groups excluding carboxylic acids is 2. The van der Waals surface area contributed by atoms with Crippen molar-refractivity contribution in [2.75, 3.05) is 13.2 Å². The van der Waals surface area contributed by atoms with Gasteiger partial charge in [0.05, 0.1) is 13.2 Å². The predicted octanol–water partition coefficient (Wildman–Crippen LogP) is 3.95. The number of ether oxygens (including phenoxy) is 2. The van der Waals surface area contributed by atoms with Gasteiger partial charge in [0.15, 0.2) is 0 Å². The zero-order valence-corrected chi connectivity index (χ0v) is 17.2. The molecule has 0 aromatic rings. The van der Waals surface area contributed by atoms with Gasteiger partial charge in [-0.2, -0.15) is 0 Å². The fourth-order valence-corrected chi connectivity index (χ4v) is 2.26. The zero-order valence-electron chi connectivity index (χ0n) is 17.2. The molecule has 0 fully saturated rings. The molecule has 0 spiro atoms. The van der Waals surface area contributed by atoms with Gasteiger partial charge in [0.2, 0.25) is 0 Å². The van der Waals surface area contributed by atoms with Gasteiger partial charge in [-0.05, 0) is 39.5 Å². The molecule has 0 bridgehead atoms. The summed E-state index contributed by atoms with van der Waals surface area (Å²) in [5.41, 5.74) is 0. The maximum Gasteiger partial charge on any atom is 0.305 e. The zero-order chi connectivity index (χ0) is 21.6. The van der Waals surface area contributed by atoms with Crippen molar-refractivity contribution in [2.45, 2.75) is 90.9 Å². The van der Waals surface area contributed by atoms with Gasteiger partial charge < -0.3 is 19.7 Å². The highest BCUT2D eigenvalue weighted by Crippen LogP contribution is 2.06. The summed E-state index contributed by atoms with van der Waals surface area (Å²) < 4.78 is 9.51. The molecule has 0 saturated carbocycles. The highest BCUT2D eigenvalue weighted by molar-refractivity contribution is 5.69. The minimum atomic E-state index is -0.754. The molecule has 0 amide bonds. The van der Waals surface area contributed by atoms with E-state index in [0.29, 0.717) is 38.9 Å². The van der Waals surface area contributed by atoms with Crippen molar-refractivity contribution < 1.29 is 38.9 Å². The summed E-state index contributed by atoms with van der Waals surface area (Å²) in [5.74, 6) is -1.83. The monoisotopic (exact) mass is 404 g/mol. The molecular formula is C20H36O8. The molecule has 0 aliphatic carbocycles. The topological polar surface area (TPSA) is 127 Å². The highest BCUT2D eigenvalue weighted by Gasteiger charge is 2.02. The molecule has 0 unspecified atom stereocenters. The Balaban J connectivity index is 0. The minimum absolute atomic E-state index is 0.161. The number of hydrogen-bond acceptors (Lipinski definition) is 6. The second-order valence-corrected chi connectivity index (χ2v) is 6.23. The van der Waals surface area contributed by atoms with Crippen LogP contribution < -0.4 is 0 Å². The van der Waals surface area contributed by atoms with Crippen molar-refractivity contribution >= 4 is 23.9 Å². The molecule has 0 rings (SSSR count). The molecule has 8 heteroatoms. The van der Waals surface area contributed by atoms with E-state index in [2.05, 4.69) is 0 Å². The van der Waals surface area contributed by atoms with Crippen LogP contribution in [-0.4, -0.2) is 47.3 Å². The fraction of sp³-hybridized carbons (Fsp3) is 0.800. The number of carboxylic acids is 2. The average molecular weight is 405 g/mol. The lowest BCUT2D eigenvalue weighted by atomic mass is 10.1. The molecular weight excluding hydrogens is 368 g/mol. The van der Waals surface area contributed by atoms with E-state index in [4.69, 9.17) is 19.7 Å². The smallest absolute Gasteiger partial charge is 0.305 e. The van der Waals surface area contributed by atoms with E-state index in [1.807, 2.05) is 0 Å². The van der Waals surface area contributed by atoms with Gasteiger partial charge in [-0.3, -0.25) is 19.2 Å². The molecule has 164 valence electrons. The van der Waals surface area contributed by atoms with Crippen LogP contribution in [0.5, 0.6) is 0 Å². The molecule has 2 N–H and O–H groups in total. The van der Waals surface area contributed by atoms with Gasteiger partial charge in [0, 0.05) is 25.7 Å². The number of aliphatic carboxylic acids is 2. The maximum absolute atomic E-state index is 10.9. The Bertz CT molecular complexity index is 394. The Morgan fingerprint density at radius 1 is 0.536 bits per heavy atom. The Hall–Kier alpha value is -2.12. The highest BCUT2D eigenvalue weighted by atomic mass is 16.5. The standard InChI is InChI=1S/2C10H18O4/c2*1-2-14-10(13)8-6-4-3-5-7-9(11)12/h2*2-8H2,1H3,(H,11,12). The number of rotatable bonds is 16. The van der Waals surface area contributed by atoms with Crippen LogP contribution >= 0.6 is 0 Å². The van der Waals surface area contributed by atoms with E-state index in [-0.39, 0.29) is 24.8 Å². The lowest BCUT2D eigenvalue weighted by Gasteiger charge is -2.01. The van der Waals surface area contributed by atoms with Crippen molar-refractivity contribution in [3.8, 4) is 0 Å². The number of esters is 2. The molecule has 0 aliphatic rings. The van der Waals surface area contributed by atoms with E-state index >= 15 is 0 Å². The van der Waals surface area contributed by atoms with E-state index in [0.717, 1.165) is 38.5 Å². The molecule has 0 aromatic carbocycles. The lowest BCUT2D eigenvalue weighted by Crippen LogP contribution is -2.03. The number of carboxylic acid groups (broad SMARTS) is 2. The molecule has 0 aliphatic heterocycles. The average Bonchev–Trinajstić information content (AvgIpc) is 2.61. The Kier molecular flexibility index (Phi) is 21.3. The minimum Gasteiger partial charge on any atom is -0.481 e. The summed E-state index contributed by atoms with van der Waals surface area (Å²) in [7, 11) is 0. The van der Waals surface area contributed by atoms with Gasteiger partial charge in [0.25, 0.3) is 0 Å². The molecule has 28 heavy (non-hydrogen) atoms. The normalized spacial score (nSPS) is 9.79. The van der Waals surface area contributed by atoms with Crippen LogP contribution in [0.25, 0.3) is 0 Å². The molecule has 0 saturated heterocycles. The van der Waals surface area contributed by atoms with Crippen molar-refractivity contribution in [2.24, 2.45) is 0 Å². The summed E-state index contributed by atoms with van der Waals surface area (Å²) in [5, 5.41) is 16.7. The molecule has 0 heterocycles. The largest absolute Gasteiger partial charge is 0.481 e. The maximum atomic E-state index is 10.9. The predicted molar refractivity (Wildman–Crippen MR) is 104 cm³/mol. The summed E-state index contributed by atoms with van der Waals surface area (Å²) >= 11 is 0. The van der Waals surface area contributed by atoms with E-state index in [1.165, 1.54) is 0 Å². The number of hydrogen-bond donors (Lipinski definition) is 2. The first-order chi connectivity index (χ1) is 13.3. The van der Waals surface area contributed by atoms with Crippen molar-refractivity contribution in [1.29, 1.82) is 0 Å². The fourth-order valence-electron chi connectivity index (χ4n) is 2.26. The third-order valence-corrected chi connectivity index (χ3v) is 3.65. The van der Waals surface area contributed by atoms with Crippen LogP contribution in [-0.2, 0) is 28.7 Å². The van der Waals surface area contributed by atoms with Gasteiger partial charge >= 0.3 is 23.9 Å². The Morgan fingerprint density at radius 2 is 0.821 bits per heavy atom. The van der Waals surface area contributed by atoms with Gasteiger partial charge in [-0.25, -0.2) is 0 Å². The van der Waals surface area contributed by atoms with Crippen molar-refractivity contribution in [1.82, 2.24) is 0 Å². The van der Waals surface area contributed by atoms with Crippen LogP contribution in [0.3, 0.4) is 0 Å². The molecule has 8 nitrogen and oxygen atoms in total. The first-order valence-electron chi connectivity index (χ1n) is 10.1. The van der Waals surface area contributed by atoms with Gasteiger partial charge in [0.1, 0.15) is 0 Å². The summed E-state index contributed by atoms with van der Waals surface area (Å²) in [6.07, 6.45) is 7.82. The van der Waals surface area contributed by atoms with E-state index < -0.39 is 11.9 Å². The van der Waals surface area contributed by atoms with Crippen molar-refractivity contribution in [3.05, 3.63) is 0 Å². The molecule has 0 atom stereocenters. The SMILES string of the molecule is CCOC(=O)CCCCCCC(=O)O.CCOC(=O)CCCCCCC(=O)O. The summed E-state index contributed by atoms with van der Waals surface area (Å²) in [6, 6.07) is 0. The van der Waals surface area contributed by atoms with Gasteiger partial charge in [-0.1, -0.05) is 25.7 Å². The van der Waals surface area contributed by atoms with Crippen LogP contribution in [0, 0.1) is 0 Å². The van der Waals surface area contributed by atoms with Crippen LogP contribution in [0.2, 0.25) is 0 Å². The molecule has 0 radical (unpaired) electrons. The van der Waals surface area contributed by atoms with Crippen LogP contribution in [0.15, 0.2) is 0 Å². The third kappa shape index (κ3) is 26.1. The van der Waals surface area contributed by atoms with Crippen LogP contribution in [0.4, 0.5) is 0 Å². The third-order valence-electron chi connectivity index (χ3n) is 3.65. The van der Waals surface area contributed by atoms with Crippen LogP contribution in [0.1, 0.15) is 90.9 Å². The second kappa shape index (κ2) is 21.2. The molecule has 0 aromatic heterocycles. The first-order valence-corrected chi connectivity index (χ1v) is 10.1. The second-order valence-electron chi connectivity index (χ2n) is 6.23. The lowest BCUT2D eigenvalue weighted by molar-refractivity contribution is -0.144. The van der Waals surface area contributed by atoms with Crippen molar-refractivity contribution in [3.63, 3.8) is 0 Å². The Morgan fingerprint density at radius 3 is 1.07 bits per heavy atom. The summed E-state index contributed by atoms with van der Waals surface area (Å²) in [4.78, 5) is 42.0. The number of carbonyl (C=O) groups is 4. The summed E-state index contributed by atoms with van der Waals surface area (Å²) in [6.45, 7) is 4.42. The Labute approximate surface area is 167 Å². The quantitative estimate of drug-likeness (QED) is 0.292. The van der Waals surface area contributed by atoms with E-state index in [9.17, 15) is 19.2 Å². The van der Waals surface area contributed by atoms with Gasteiger partial charge in [-0.15, -0.1) is 0 Å². The first kappa shape index (κ1) is 28.1. The van der Waals surface area contributed by atoms with E-state index in [1.54, 1.807) is 13.8 Å². The number of unbranched alkanes of at least 4 members (excludes halogenated alkanes) is 6.